The average molecular weight is 298 g/mol. The highest BCUT2D eigenvalue weighted by Gasteiger charge is 2.05. The van der Waals surface area contributed by atoms with Gasteiger partial charge in [0.05, 0.1) is 6.61 Å². The van der Waals surface area contributed by atoms with Gasteiger partial charge in [0.15, 0.2) is 0 Å². The van der Waals surface area contributed by atoms with E-state index in [1.54, 1.807) is 7.11 Å². The van der Waals surface area contributed by atoms with Crippen LogP contribution in [0.15, 0.2) is 24.3 Å². The molecule has 0 saturated heterocycles. The normalized spacial score (nSPS) is 12.1. The van der Waals surface area contributed by atoms with Crippen molar-refractivity contribution in [2.45, 2.75) is 18.6 Å². The number of hydrogen-bond donors (Lipinski definition) is 2. The van der Waals surface area contributed by atoms with Gasteiger partial charge in [-0.05, 0) is 30.7 Å². The predicted molar refractivity (Wildman–Crippen MR) is 81.9 cm³/mol. The fourth-order valence-corrected chi connectivity index (χ4v) is 2.71. The number of methoxy groups -OCH3 is 1. The minimum absolute atomic E-state index is 0.0481. The average Bonchev–Trinajstić information content (AvgIpc) is 2.43. The number of carbonyl (C=O) groups excluding carboxylic acids is 1. The van der Waals surface area contributed by atoms with Crippen molar-refractivity contribution in [1.82, 2.24) is 0 Å². The number of anilines is 1. The molecule has 1 rings (SSSR count). The van der Waals surface area contributed by atoms with E-state index in [-0.39, 0.29) is 5.91 Å². The number of amides is 1. The third kappa shape index (κ3) is 6.79. The number of nitrogens with two attached hydrogens (primary N) is 1. The van der Waals surface area contributed by atoms with Crippen molar-refractivity contribution in [3.63, 3.8) is 0 Å². The Morgan fingerprint density at radius 2 is 2.25 bits per heavy atom. The van der Waals surface area contributed by atoms with Crippen LogP contribution in [0, 0.1) is 0 Å². The number of carbonyl (C=O) groups is 1. The second-order valence-corrected chi connectivity index (χ2v) is 6.00. The van der Waals surface area contributed by atoms with Gasteiger partial charge in [0, 0.05) is 41.5 Å². The Kier molecular flexibility index (Phi) is 8.10. The van der Waals surface area contributed by atoms with Crippen molar-refractivity contribution in [3.05, 3.63) is 29.8 Å². The van der Waals surface area contributed by atoms with Gasteiger partial charge in [0.1, 0.15) is 0 Å². The molecule has 0 saturated carbocycles. The van der Waals surface area contributed by atoms with Gasteiger partial charge in [-0.3, -0.25) is 9.00 Å². The van der Waals surface area contributed by atoms with Crippen molar-refractivity contribution in [2.75, 3.05) is 31.3 Å². The molecule has 0 aromatic heterocycles. The molecule has 0 radical (unpaired) electrons. The summed E-state index contributed by atoms with van der Waals surface area (Å²) < 4.78 is 16.7. The molecule has 5 nitrogen and oxygen atoms in total. The van der Waals surface area contributed by atoms with Crippen LogP contribution in [0.25, 0.3) is 0 Å². The van der Waals surface area contributed by atoms with Gasteiger partial charge in [0.25, 0.3) is 0 Å². The molecule has 1 amide bonds. The molecule has 3 N–H and O–H groups in total. The van der Waals surface area contributed by atoms with E-state index >= 15 is 0 Å². The summed E-state index contributed by atoms with van der Waals surface area (Å²) >= 11 is 0. The molecule has 0 aliphatic rings. The summed E-state index contributed by atoms with van der Waals surface area (Å²) in [5.74, 6) is 0.938. The van der Waals surface area contributed by atoms with Crippen molar-refractivity contribution >= 4 is 22.4 Å². The van der Waals surface area contributed by atoms with E-state index in [0.717, 1.165) is 11.3 Å². The molecule has 1 atom stereocenters. The Labute approximate surface area is 122 Å². The maximum absolute atomic E-state index is 11.8. The monoisotopic (exact) mass is 298 g/mol. The maximum atomic E-state index is 11.8. The van der Waals surface area contributed by atoms with Crippen molar-refractivity contribution < 1.29 is 13.7 Å². The third-order valence-corrected chi connectivity index (χ3v) is 3.94. The van der Waals surface area contributed by atoms with Gasteiger partial charge in [-0.15, -0.1) is 0 Å². The zero-order valence-corrected chi connectivity index (χ0v) is 12.6. The summed E-state index contributed by atoms with van der Waals surface area (Å²) in [6.07, 6.45) is 1.09. The molecule has 0 heterocycles. The van der Waals surface area contributed by atoms with E-state index in [0.29, 0.717) is 37.5 Å². The molecular formula is C14H22N2O3S. The highest BCUT2D eigenvalue weighted by Crippen LogP contribution is 2.13. The minimum atomic E-state index is -0.951. The van der Waals surface area contributed by atoms with Gasteiger partial charge >= 0.3 is 0 Å². The van der Waals surface area contributed by atoms with Crippen molar-refractivity contribution in [1.29, 1.82) is 0 Å². The van der Waals surface area contributed by atoms with Gasteiger partial charge in [-0.25, -0.2) is 0 Å². The van der Waals surface area contributed by atoms with Crippen LogP contribution in [0.5, 0.6) is 0 Å². The number of benzene rings is 1. The van der Waals surface area contributed by atoms with Gasteiger partial charge in [-0.1, -0.05) is 12.1 Å². The van der Waals surface area contributed by atoms with Crippen LogP contribution in [0.3, 0.4) is 0 Å². The molecule has 1 aromatic rings. The number of rotatable bonds is 9. The molecule has 6 heteroatoms. The van der Waals surface area contributed by atoms with Gasteiger partial charge in [0.2, 0.25) is 5.91 Å². The van der Waals surface area contributed by atoms with Crippen molar-refractivity contribution in [3.8, 4) is 0 Å². The summed E-state index contributed by atoms with van der Waals surface area (Å²) in [5, 5.41) is 2.82. The molecule has 1 aromatic carbocycles. The van der Waals surface area contributed by atoms with E-state index in [2.05, 4.69) is 5.32 Å². The summed E-state index contributed by atoms with van der Waals surface area (Å²) in [4.78, 5) is 11.6. The van der Waals surface area contributed by atoms with E-state index in [1.165, 1.54) is 0 Å². The third-order valence-electron chi connectivity index (χ3n) is 2.66. The molecule has 0 fully saturated rings. The van der Waals surface area contributed by atoms with E-state index < -0.39 is 10.8 Å². The first-order valence-corrected chi connectivity index (χ1v) is 8.07. The number of hydrogen-bond acceptors (Lipinski definition) is 4. The Balaban J connectivity index is 2.52. The summed E-state index contributed by atoms with van der Waals surface area (Å²) in [5.41, 5.74) is 7.04. The molecule has 112 valence electrons. The molecule has 0 aliphatic carbocycles. The molecule has 20 heavy (non-hydrogen) atoms. The zero-order chi connectivity index (χ0) is 14.8. The maximum Gasteiger partial charge on any atom is 0.224 e. The minimum Gasteiger partial charge on any atom is -0.384 e. The molecule has 0 spiro atoms. The SMILES string of the molecule is COCCS(=O)Cc1cccc(NC(=O)CCCN)c1. The standard InChI is InChI=1S/C14H22N2O3S/c1-19-8-9-20(18)11-12-4-2-5-13(10-12)16-14(17)6-3-7-15/h2,4-5,10H,3,6-9,11,15H2,1H3,(H,16,17). The summed E-state index contributed by atoms with van der Waals surface area (Å²) in [6.45, 7) is 0.994. The fourth-order valence-electron chi connectivity index (χ4n) is 1.66. The van der Waals surface area contributed by atoms with E-state index in [4.69, 9.17) is 10.5 Å². The van der Waals surface area contributed by atoms with Gasteiger partial charge in [-0.2, -0.15) is 0 Å². The highest BCUT2D eigenvalue weighted by molar-refractivity contribution is 7.84. The molecule has 1 unspecified atom stereocenters. The lowest BCUT2D eigenvalue weighted by Gasteiger charge is -2.07. The Morgan fingerprint density at radius 3 is 2.95 bits per heavy atom. The van der Waals surface area contributed by atoms with Crippen LogP contribution in [0.2, 0.25) is 0 Å². The number of nitrogens with one attached hydrogen (secondary N) is 1. The first-order chi connectivity index (χ1) is 9.65. The fraction of sp³-hybridized carbons (Fsp3) is 0.500. The van der Waals surface area contributed by atoms with E-state index in [1.807, 2.05) is 24.3 Å². The molecular weight excluding hydrogens is 276 g/mol. The predicted octanol–water partition coefficient (Wildman–Crippen LogP) is 1.26. The second-order valence-electron chi connectivity index (χ2n) is 4.42. The first kappa shape index (κ1) is 16.8. The summed E-state index contributed by atoms with van der Waals surface area (Å²) in [6, 6.07) is 7.43. The first-order valence-electron chi connectivity index (χ1n) is 6.58. The second kappa shape index (κ2) is 9.63. The molecule has 0 aliphatic heterocycles. The van der Waals surface area contributed by atoms with Crippen LogP contribution in [-0.4, -0.2) is 36.1 Å². The van der Waals surface area contributed by atoms with Crippen LogP contribution >= 0.6 is 0 Å². The van der Waals surface area contributed by atoms with Crippen LogP contribution in [0.4, 0.5) is 5.69 Å². The van der Waals surface area contributed by atoms with E-state index in [9.17, 15) is 9.00 Å². The lowest BCUT2D eigenvalue weighted by molar-refractivity contribution is -0.116. The van der Waals surface area contributed by atoms with Crippen molar-refractivity contribution in [2.24, 2.45) is 5.73 Å². The van der Waals surface area contributed by atoms with Gasteiger partial charge < -0.3 is 15.8 Å². The Morgan fingerprint density at radius 1 is 1.45 bits per heavy atom. The summed E-state index contributed by atoms with van der Waals surface area (Å²) in [7, 11) is 0.641. The largest absolute Gasteiger partial charge is 0.384 e. The lowest BCUT2D eigenvalue weighted by atomic mass is 10.2. The molecule has 0 bridgehead atoms. The topological polar surface area (TPSA) is 81.4 Å². The smallest absolute Gasteiger partial charge is 0.224 e. The Bertz CT molecular complexity index is 415. The number of ether oxygens (including phenoxy) is 1. The quantitative estimate of drug-likeness (QED) is 0.719. The van der Waals surface area contributed by atoms with Crippen LogP contribution in [-0.2, 0) is 26.1 Å². The zero-order valence-electron chi connectivity index (χ0n) is 11.8. The Hall–Kier alpha value is -1.24. The van der Waals surface area contributed by atoms with Crippen LogP contribution < -0.4 is 11.1 Å². The highest BCUT2D eigenvalue weighted by atomic mass is 32.2. The lowest BCUT2D eigenvalue weighted by Crippen LogP contribution is -2.13. The van der Waals surface area contributed by atoms with Crippen LogP contribution in [0.1, 0.15) is 18.4 Å².